The second-order valence-corrected chi connectivity index (χ2v) is 5.11. The number of carbonyl (C=O) groups is 1. The van der Waals surface area contributed by atoms with Crippen molar-refractivity contribution in [1.29, 1.82) is 0 Å². The van der Waals surface area contributed by atoms with E-state index in [9.17, 15) is 4.79 Å². The molecule has 22 heavy (non-hydrogen) atoms. The number of hydrogen-bond acceptors (Lipinski definition) is 2. The smallest absolute Gasteiger partial charge is 0.308 e. The van der Waals surface area contributed by atoms with E-state index in [1.807, 2.05) is 36.4 Å². The van der Waals surface area contributed by atoms with Crippen LogP contribution in [-0.2, 0) is 4.79 Å². The largest absolute Gasteiger partial charge is 0.427 e. The minimum absolute atomic E-state index is 0.310. The van der Waals surface area contributed by atoms with Gasteiger partial charge >= 0.3 is 5.97 Å². The molecule has 0 spiro atoms. The van der Waals surface area contributed by atoms with Gasteiger partial charge in [-0.05, 0) is 40.1 Å². The molecule has 0 aliphatic heterocycles. The molecule has 0 amide bonds. The SMILES string of the molecule is CC(=O)Oc1cccc(/C=C\c2ccc3ccccc3c2)c1. The lowest BCUT2D eigenvalue weighted by molar-refractivity contribution is -0.131. The fraction of sp³-hybridized carbons (Fsp3) is 0.0500. The molecular weight excluding hydrogens is 272 g/mol. The number of rotatable bonds is 3. The maximum Gasteiger partial charge on any atom is 0.308 e. The molecule has 2 heteroatoms. The third kappa shape index (κ3) is 3.41. The molecule has 3 rings (SSSR count). The highest BCUT2D eigenvalue weighted by atomic mass is 16.5. The molecule has 0 aliphatic rings. The molecule has 0 atom stereocenters. The van der Waals surface area contributed by atoms with E-state index in [0.29, 0.717) is 5.75 Å². The van der Waals surface area contributed by atoms with Gasteiger partial charge in [0, 0.05) is 6.92 Å². The zero-order chi connectivity index (χ0) is 15.4. The number of ether oxygens (including phenoxy) is 1. The summed E-state index contributed by atoms with van der Waals surface area (Å²) in [7, 11) is 0. The van der Waals surface area contributed by atoms with Crippen molar-refractivity contribution in [3.8, 4) is 5.75 Å². The number of hydrogen-bond donors (Lipinski definition) is 0. The summed E-state index contributed by atoms with van der Waals surface area (Å²) in [5.74, 6) is 0.254. The summed E-state index contributed by atoms with van der Waals surface area (Å²) in [5, 5.41) is 2.45. The van der Waals surface area contributed by atoms with Crippen LogP contribution < -0.4 is 4.74 Å². The Morgan fingerprint density at radius 1 is 0.818 bits per heavy atom. The first-order valence-electron chi connectivity index (χ1n) is 7.16. The predicted octanol–water partition coefficient (Wildman–Crippen LogP) is 4.94. The molecule has 3 aromatic carbocycles. The molecule has 0 N–H and O–H groups in total. The summed E-state index contributed by atoms with van der Waals surface area (Å²) in [6.07, 6.45) is 4.07. The van der Waals surface area contributed by atoms with Gasteiger partial charge in [-0.25, -0.2) is 0 Å². The van der Waals surface area contributed by atoms with Crippen LogP contribution in [0.25, 0.3) is 22.9 Å². The average Bonchev–Trinajstić information content (AvgIpc) is 2.52. The minimum atomic E-state index is -0.310. The van der Waals surface area contributed by atoms with Gasteiger partial charge in [0.05, 0.1) is 0 Å². The van der Waals surface area contributed by atoms with Gasteiger partial charge in [0.1, 0.15) is 5.75 Å². The van der Waals surface area contributed by atoms with E-state index in [1.54, 1.807) is 6.07 Å². The minimum Gasteiger partial charge on any atom is -0.427 e. The Kier molecular flexibility index (Phi) is 4.01. The first-order valence-corrected chi connectivity index (χ1v) is 7.16. The van der Waals surface area contributed by atoms with Crippen LogP contribution in [0.2, 0.25) is 0 Å². The van der Waals surface area contributed by atoms with Gasteiger partial charge in [-0.1, -0.05) is 60.7 Å². The fourth-order valence-electron chi connectivity index (χ4n) is 2.35. The van der Waals surface area contributed by atoms with Crippen LogP contribution in [-0.4, -0.2) is 5.97 Å². The fourth-order valence-corrected chi connectivity index (χ4v) is 2.35. The van der Waals surface area contributed by atoms with E-state index in [-0.39, 0.29) is 5.97 Å². The van der Waals surface area contributed by atoms with Gasteiger partial charge in [0.25, 0.3) is 0 Å². The van der Waals surface area contributed by atoms with E-state index in [1.165, 1.54) is 17.7 Å². The molecule has 0 bridgehead atoms. The maximum atomic E-state index is 11.0. The Bertz CT molecular complexity index is 847. The topological polar surface area (TPSA) is 26.3 Å². The maximum absolute atomic E-state index is 11.0. The summed E-state index contributed by atoms with van der Waals surface area (Å²) in [4.78, 5) is 11.0. The Morgan fingerprint density at radius 2 is 1.55 bits per heavy atom. The van der Waals surface area contributed by atoms with Gasteiger partial charge in [0.2, 0.25) is 0 Å². The molecule has 2 nitrogen and oxygen atoms in total. The summed E-state index contributed by atoms with van der Waals surface area (Å²) in [6.45, 7) is 1.40. The van der Waals surface area contributed by atoms with Crippen LogP contribution in [0.5, 0.6) is 5.75 Å². The van der Waals surface area contributed by atoms with E-state index in [2.05, 4.69) is 36.4 Å². The van der Waals surface area contributed by atoms with Crippen molar-refractivity contribution in [3.05, 3.63) is 77.9 Å². The lowest BCUT2D eigenvalue weighted by Crippen LogP contribution is -2.00. The zero-order valence-electron chi connectivity index (χ0n) is 12.3. The van der Waals surface area contributed by atoms with Gasteiger partial charge < -0.3 is 4.74 Å². The summed E-state index contributed by atoms with van der Waals surface area (Å²) < 4.78 is 5.09. The summed E-state index contributed by atoms with van der Waals surface area (Å²) in [6, 6.07) is 22.1. The van der Waals surface area contributed by atoms with Crippen molar-refractivity contribution in [3.63, 3.8) is 0 Å². The molecule has 0 aliphatic carbocycles. The quantitative estimate of drug-likeness (QED) is 0.388. The highest BCUT2D eigenvalue weighted by molar-refractivity contribution is 5.86. The molecule has 0 heterocycles. The number of carbonyl (C=O) groups excluding carboxylic acids is 1. The Hall–Kier alpha value is -2.87. The monoisotopic (exact) mass is 288 g/mol. The Morgan fingerprint density at radius 3 is 2.32 bits per heavy atom. The highest BCUT2D eigenvalue weighted by Crippen LogP contribution is 2.19. The highest BCUT2D eigenvalue weighted by Gasteiger charge is 1.98. The second kappa shape index (κ2) is 6.27. The Labute approximate surface area is 129 Å². The van der Waals surface area contributed by atoms with Crippen molar-refractivity contribution < 1.29 is 9.53 Å². The van der Waals surface area contributed by atoms with Gasteiger partial charge in [-0.2, -0.15) is 0 Å². The lowest BCUT2D eigenvalue weighted by atomic mass is 10.1. The van der Waals surface area contributed by atoms with Crippen molar-refractivity contribution in [2.45, 2.75) is 6.92 Å². The van der Waals surface area contributed by atoms with Gasteiger partial charge in [-0.3, -0.25) is 4.79 Å². The third-order valence-corrected chi connectivity index (χ3v) is 3.36. The molecule has 108 valence electrons. The first kappa shape index (κ1) is 14.1. The molecule has 0 saturated carbocycles. The van der Waals surface area contributed by atoms with Crippen LogP contribution in [0.3, 0.4) is 0 Å². The van der Waals surface area contributed by atoms with Crippen molar-refractivity contribution in [2.75, 3.05) is 0 Å². The van der Waals surface area contributed by atoms with Crippen molar-refractivity contribution in [1.82, 2.24) is 0 Å². The molecular formula is C20H16O2. The van der Waals surface area contributed by atoms with E-state index < -0.39 is 0 Å². The molecule has 3 aromatic rings. The van der Waals surface area contributed by atoms with Gasteiger partial charge in [-0.15, -0.1) is 0 Å². The van der Waals surface area contributed by atoms with Crippen molar-refractivity contribution >= 4 is 28.9 Å². The molecule has 0 saturated heterocycles. The molecule has 0 aromatic heterocycles. The standard InChI is InChI=1S/C20H16O2/c1-15(21)22-20-8-4-5-16(14-20)9-10-17-11-12-18-6-2-3-7-19(18)13-17/h2-14H,1H3/b10-9-. The van der Waals surface area contributed by atoms with E-state index in [0.717, 1.165) is 11.1 Å². The molecule has 0 unspecified atom stereocenters. The van der Waals surface area contributed by atoms with Crippen LogP contribution in [0.15, 0.2) is 66.7 Å². The number of benzene rings is 3. The van der Waals surface area contributed by atoms with Crippen LogP contribution in [0, 0.1) is 0 Å². The van der Waals surface area contributed by atoms with Crippen LogP contribution in [0.4, 0.5) is 0 Å². The van der Waals surface area contributed by atoms with E-state index in [4.69, 9.17) is 4.74 Å². The zero-order valence-corrected chi connectivity index (χ0v) is 12.3. The first-order chi connectivity index (χ1) is 10.7. The van der Waals surface area contributed by atoms with Gasteiger partial charge in [0.15, 0.2) is 0 Å². The molecule has 0 fully saturated rings. The lowest BCUT2D eigenvalue weighted by Gasteiger charge is -2.02. The van der Waals surface area contributed by atoms with Crippen LogP contribution in [0.1, 0.15) is 18.1 Å². The number of esters is 1. The average molecular weight is 288 g/mol. The molecule has 0 radical (unpaired) electrons. The van der Waals surface area contributed by atoms with Crippen LogP contribution >= 0.6 is 0 Å². The normalized spacial score (nSPS) is 11.0. The predicted molar refractivity (Wildman–Crippen MR) is 90.6 cm³/mol. The van der Waals surface area contributed by atoms with E-state index >= 15 is 0 Å². The summed E-state index contributed by atoms with van der Waals surface area (Å²) in [5.41, 5.74) is 2.13. The number of fused-ring (bicyclic) bond motifs is 1. The summed E-state index contributed by atoms with van der Waals surface area (Å²) >= 11 is 0. The third-order valence-electron chi connectivity index (χ3n) is 3.36. The second-order valence-electron chi connectivity index (χ2n) is 5.11. The van der Waals surface area contributed by atoms with Crippen molar-refractivity contribution in [2.24, 2.45) is 0 Å². The Balaban J connectivity index is 1.84.